The lowest BCUT2D eigenvalue weighted by Gasteiger charge is -2.07. The molecule has 0 spiro atoms. The van der Waals surface area contributed by atoms with Crippen LogP contribution in [0.2, 0.25) is 0 Å². The van der Waals surface area contributed by atoms with E-state index in [-0.39, 0.29) is 5.75 Å². The Balaban J connectivity index is 2.39. The van der Waals surface area contributed by atoms with Crippen LogP contribution in [-0.2, 0) is 11.3 Å². The second kappa shape index (κ2) is 6.36. The van der Waals surface area contributed by atoms with Gasteiger partial charge in [0.1, 0.15) is 5.82 Å². The smallest absolute Gasteiger partial charge is 0.313 e. The highest BCUT2D eigenvalue weighted by Crippen LogP contribution is 2.27. The number of hydrogen-bond donors (Lipinski definition) is 1. The van der Waals surface area contributed by atoms with Crippen molar-refractivity contribution >= 4 is 33.7 Å². The molecule has 0 amide bonds. The number of aliphatic carboxylic acids is 1. The molecule has 0 saturated heterocycles. The van der Waals surface area contributed by atoms with Crippen LogP contribution in [-0.4, -0.2) is 31.6 Å². The minimum absolute atomic E-state index is 0.110. The summed E-state index contributed by atoms with van der Waals surface area (Å²) in [5, 5.41) is 17.1. The zero-order valence-corrected chi connectivity index (χ0v) is 12.9. The lowest BCUT2D eigenvalue weighted by atomic mass is 10.2. The maximum absolute atomic E-state index is 14.0. The monoisotopic (exact) mass is 359 g/mol. The first-order chi connectivity index (χ1) is 9.52. The number of carbonyl (C=O) groups is 1. The van der Waals surface area contributed by atoms with Crippen LogP contribution >= 0.6 is 27.7 Å². The molecule has 0 bridgehead atoms. The first-order valence-corrected chi connectivity index (χ1v) is 7.54. The van der Waals surface area contributed by atoms with Gasteiger partial charge in [0, 0.05) is 11.0 Å². The molecule has 106 valence electrons. The predicted octanol–water partition coefficient (Wildman–Crippen LogP) is 3.04. The summed E-state index contributed by atoms with van der Waals surface area (Å²) < 4.78 is 16.3. The quantitative estimate of drug-likeness (QED) is 0.831. The van der Waals surface area contributed by atoms with E-state index in [0.717, 1.165) is 11.8 Å². The Hall–Kier alpha value is -1.41. The number of thioether (sulfide) groups is 1. The van der Waals surface area contributed by atoms with Crippen LogP contribution in [0.15, 0.2) is 27.8 Å². The van der Waals surface area contributed by atoms with Crippen LogP contribution in [0.5, 0.6) is 0 Å². The Labute approximate surface area is 127 Å². The zero-order valence-electron chi connectivity index (χ0n) is 10.5. The second-order valence-electron chi connectivity index (χ2n) is 3.86. The van der Waals surface area contributed by atoms with Gasteiger partial charge in [-0.2, -0.15) is 0 Å². The van der Waals surface area contributed by atoms with E-state index < -0.39 is 11.8 Å². The first-order valence-electron chi connectivity index (χ1n) is 5.76. The third-order valence-corrected chi connectivity index (χ3v) is 3.97. The minimum atomic E-state index is -0.933. The molecule has 8 heteroatoms. The molecule has 1 heterocycles. The van der Waals surface area contributed by atoms with Crippen molar-refractivity contribution in [3.8, 4) is 11.4 Å². The molecular weight excluding hydrogens is 349 g/mol. The molecule has 1 N–H and O–H groups in total. The summed E-state index contributed by atoms with van der Waals surface area (Å²) >= 11 is 4.26. The van der Waals surface area contributed by atoms with Crippen LogP contribution < -0.4 is 0 Å². The van der Waals surface area contributed by atoms with Crippen molar-refractivity contribution in [2.75, 3.05) is 5.75 Å². The lowest BCUT2D eigenvalue weighted by Crippen LogP contribution is -2.04. The topological polar surface area (TPSA) is 68.0 Å². The zero-order chi connectivity index (χ0) is 14.7. The number of aromatic nitrogens is 3. The molecule has 0 aliphatic heterocycles. The van der Waals surface area contributed by atoms with Crippen LogP contribution in [0.3, 0.4) is 0 Å². The number of halogens is 2. The van der Waals surface area contributed by atoms with Gasteiger partial charge in [-0.3, -0.25) is 4.79 Å². The van der Waals surface area contributed by atoms with E-state index in [1.807, 2.05) is 6.92 Å². The first kappa shape index (κ1) is 15.0. The highest BCUT2D eigenvalue weighted by Gasteiger charge is 2.17. The maximum Gasteiger partial charge on any atom is 0.313 e. The Morgan fingerprint density at radius 1 is 1.50 bits per heavy atom. The van der Waals surface area contributed by atoms with Crippen molar-refractivity contribution in [1.82, 2.24) is 14.8 Å². The van der Waals surface area contributed by atoms with Crippen LogP contribution in [0.25, 0.3) is 11.4 Å². The van der Waals surface area contributed by atoms with E-state index in [4.69, 9.17) is 5.11 Å². The fourth-order valence-electron chi connectivity index (χ4n) is 1.68. The second-order valence-corrected chi connectivity index (χ2v) is 5.72. The summed E-state index contributed by atoms with van der Waals surface area (Å²) in [6.07, 6.45) is 0. The Bertz CT molecular complexity index is 648. The van der Waals surface area contributed by atoms with E-state index in [9.17, 15) is 9.18 Å². The third-order valence-electron chi connectivity index (χ3n) is 2.53. The molecule has 0 saturated carbocycles. The van der Waals surface area contributed by atoms with Gasteiger partial charge in [-0.05, 0) is 25.1 Å². The summed E-state index contributed by atoms with van der Waals surface area (Å²) in [6, 6.07) is 4.69. The van der Waals surface area contributed by atoms with Gasteiger partial charge in [0.05, 0.1) is 11.3 Å². The van der Waals surface area contributed by atoms with E-state index in [2.05, 4.69) is 26.1 Å². The standard InChI is InChI=1S/C12H11BrFN3O2S/c1-2-17-11(8-4-3-7(13)5-9(8)14)15-16-12(17)20-6-10(18)19/h3-5H,2,6H2,1H3,(H,18,19). The fourth-order valence-corrected chi connectivity index (χ4v) is 2.73. The number of hydrogen-bond acceptors (Lipinski definition) is 4. The van der Waals surface area contributed by atoms with Gasteiger partial charge in [0.2, 0.25) is 0 Å². The molecule has 1 aromatic heterocycles. The van der Waals surface area contributed by atoms with Gasteiger partial charge in [-0.15, -0.1) is 10.2 Å². The average molecular weight is 360 g/mol. The molecule has 0 aliphatic carbocycles. The van der Waals surface area contributed by atoms with Gasteiger partial charge in [0.25, 0.3) is 0 Å². The van der Waals surface area contributed by atoms with Gasteiger partial charge < -0.3 is 9.67 Å². The molecule has 0 aliphatic rings. The van der Waals surface area contributed by atoms with Gasteiger partial charge in [-0.1, -0.05) is 27.7 Å². The van der Waals surface area contributed by atoms with Gasteiger partial charge in [0.15, 0.2) is 11.0 Å². The number of nitrogens with zero attached hydrogens (tertiary/aromatic N) is 3. The number of carboxylic acids is 1. The van der Waals surface area contributed by atoms with Crippen LogP contribution in [0, 0.1) is 5.82 Å². The van der Waals surface area contributed by atoms with Crippen molar-refractivity contribution in [3.05, 3.63) is 28.5 Å². The van der Waals surface area contributed by atoms with E-state index >= 15 is 0 Å². The molecule has 1 aromatic carbocycles. The maximum atomic E-state index is 14.0. The van der Waals surface area contributed by atoms with Crippen LogP contribution in [0.4, 0.5) is 4.39 Å². The molecule has 0 fully saturated rings. The highest BCUT2D eigenvalue weighted by atomic mass is 79.9. The Morgan fingerprint density at radius 2 is 2.25 bits per heavy atom. The SMILES string of the molecule is CCn1c(SCC(=O)O)nnc1-c1ccc(Br)cc1F. The summed E-state index contributed by atoms with van der Waals surface area (Å²) in [7, 11) is 0. The molecule has 2 aromatic rings. The number of rotatable bonds is 5. The molecule has 2 rings (SSSR count). The fraction of sp³-hybridized carbons (Fsp3) is 0.250. The summed E-state index contributed by atoms with van der Waals surface area (Å²) in [5.74, 6) is -1.06. The number of carboxylic acid groups (broad SMARTS) is 1. The predicted molar refractivity (Wildman–Crippen MR) is 77.1 cm³/mol. The summed E-state index contributed by atoms with van der Waals surface area (Å²) in [4.78, 5) is 10.6. The molecular formula is C12H11BrFN3O2S. The molecule has 0 unspecified atom stereocenters. The van der Waals surface area contributed by atoms with Gasteiger partial charge >= 0.3 is 5.97 Å². The van der Waals surface area contributed by atoms with Crippen molar-refractivity contribution < 1.29 is 14.3 Å². The summed E-state index contributed by atoms with van der Waals surface area (Å²) in [6.45, 7) is 2.40. The van der Waals surface area contributed by atoms with Gasteiger partial charge in [-0.25, -0.2) is 4.39 Å². The number of benzene rings is 1. The molecule has 20 heavy (non-hydrogen) atoms. The largest absolute Gasteiger partial charge is 0.481 e. The Morgan fingerprint density at radius 3 is 2.85 bits per heavy atom. The van der Waals surface area contributed by atoms with Crippen molar-refractivity contribution in [2.24, 2.45) is 0 Å². The molecule has 0 radical (unpaired) electrons. The van der Waals surface area contributed by atoms with Crippen molar-refractivity contribution in [3.63, 3.8) is 0 Å². The van der Waals surface area contributed by atoms with E-state index in [0.29, 0.717) is 27.6 Å². The lowest BCUT2D eigenvalue weighted by molar-refractivity contribution is -0.133. The minimum Gasteiger partial charge on any atom is -0.481 e. The van der Waals surface area contributed by atoms with Crippen molar-refractivity contribution in [2.45, 2.75) is 18.6 Å². The van der Waals surface area contributed by atoms with E-state index in [1.54, 1.807) is 16.7 Å². The van der Waals surface area contributed by atoms with Crippen LogP contribution in [0.1, 0.15) is 6.92 Å². The Kier molecular flexibility index (Phi) is 4.77. The van der Waals surface area contributed by atoms with Crippen molar-refractivity contribution in [1.29, 1.82) is 0 Å². The van der Waals surface area contributed by atoms with E-state index in [1.165, 1.54) is 6.07 Å². The molecule has 0 atom stereocenters. The third kappa shape index (κ3) is 3.18. The normalized spacial score (nSPS) is 10.8. The summed E-state index contributed by atoms with van der Waals surface area (Å²) in [5.41, 5.74) is 0.338. The average Bonchev–Trinajstić information content (AvgIpc) is 2.79. The molecule has 5 nitrogen and oxygen atoms in total. The highest BCUT2D eigenvalue weighted by molar-refractivity contribution is 9.10.